The molecule has 0 aliphatic carbocycles. The molecule has 0 radical (unpaired) electrons. The van der Waals surface area contributed by atoms with Gasteiger partial charge in [-0.15, -0.1) is 5.10 Å². The molecule has 0 spiro atoms. The number of rotatable bonds is 10. The van der Waals surface area contributed by atoms with E-state index in [0.29, 0.717) is 59.2 Å². The fraction of sp³-hybridized carbons (Fsp3) is 0.485. The molecule has 3 amide bonds. The molecule has 0 N–H and O–H groups in total. The zero-order valence-corrected chi connectivity index (χ0v) is 55.4. The van der Waals surface area contributed by atoms with Gasteiger partial charge < -0.3 is 4.90 Å². The van der Waals surface area contributed by atoms with Crippen LogP contribution in [0.5, 0.6) is 0 Å². The summed E-state index contributed by atoms with van der Waals surface area (Å²) in [7, 11) is 0. The van der Waals surface area contributed by atoms with Crippen LogP contribution in [0.1, 0.15) is 176 Å². The van der Waals surface area contributed by atoms with Crippen LogP contribution in [0.15, 0.2) is 77.6 Å². The maximum atomic E-state index is 12.9. The average molecular weight is 1320 g/mol. The van der Waals surface area contributed by atoms with Crippen LogP contribution in [0.2, 0.25) is 25.1 Å². The van der Waals surface area contributed by atoms with Gasteiger partial charge in [-0.25, -0.2) is 22.2 Å². The van der Waals surface area contributed by atoms with Gasteiger partial charge in [0.05, 0.1) is 35.4 Å². The molecule has 2 saturated heterocycles. The lowest BCUT2D eigenvalue weighted by molar-refractivity contribution is -0.384. The fourth-order valence-corrected chi connectivity index (χ4v) is 8.57. The molecule has 12 nitrogen and oxygen atoms in total. The number of carbonyl (C=O) groups excluding carboxylic acids is 3. The van der Waals surface area contributed by atoms with Crippen molar-refractivity contribution in [2.75, 3.05) is 19.6 Å². The van der Waals surface area contributed by atoms with E-state index >= 15 is 0 Å². The minimum absolute atomic E-state index is 0. The first-order valence-electron chi connectivity index (χ1n) is 28.7. The van der Waals surface area contributed by atoms with E-state index in [1.54, 1.807) is 38.1 Å². The van der Waals surface area contributed by atoms with Gasteiger partial charge >= 0.3 is 0 Å². The lowest BCUT2D eigenvalue weighted by atomic mass is 10.0. The van der Waals surface area contributed by atoms with Crippen molar-refractivity contribution in [2.45, 2.75) is 189 Å². The highest BCUT2D eigenvalue weighted by molar-refractivity contribution is 6.55. The Kier molecular flexibility index (Phi) is 45.7. The number of nitro groups is 1. The topological polar surface area (TPSA) is 149 Å². The Morgan fingerprint density at radius 2 is 1.07 bits per heavy atom. The number of imide groups is 1. The lowest BCUT2D eigenvalue weighted by Crippen LogP contribution is -2.28. The summed E-state index contributed by atoms with van der Waals surface area (Å²) in [5.74, 6) is -4.92. The summed E-state index contributed by atoms with van der Waals surface area (Å²) in [6.07, 6.45) is 9.36. The standard InChI is InChI=1S/C9H8F4.C9H9N3O.C9H12.C8H5Cl5.C8H9NO2.C6H9NO2.C6H11NO.C5H12.C4H10.2CH4/c1-3-5-4(2)6(10)8(12)9(13)7(5)11;1-2-12-9(13)7-5-3-4-6-8(7)10-11-12;1-3-9-6-4-8(2)5-7-9;1-2-3-4(9)6(11)8(13)7(12)5(3)10;1-2-7-4-3-5-8(6-7)9(10)11;1-2-7-5(8)3-4-6(7)9;1-2-7-5-3-4-6(7)8;1-4-5(2)3;1-3-4-2;;/h3H2,1-2H3;3-6H,2H2,1H3;4-7H,3H2,1-2H3;2H2,1H3;3-6H,2H2,1H3;2-4H2,1H3;2-5H2,1H3;5H,4H2,1-3H3;3-4H2,1-2H3;2*1H4. The number of hydrogen-bond donors (Lipinski definition) is 0. The number of nitrogens with zero attached hydrogens (tertiary/aromatic N) is 6. The summed E-state index contributed by atoms with van der Waals surface area (Å²) >= 11 is 29.3. The van der Waals surface area contributed by atoms with Crippen LogP contribution in [-0.4, -0.2) is 67.1 Å². The first-order valence-corrected chi connectivity index (χ1v) is 30.6. The van der Waals surface area contributed by atoms with E-state index in [0.717, 1.165) is 55.8 Å². The molecule has 2 fully saturated rings. The fourth-order valence-electron chi connectivity index (χ4n) is 7.13. The normalized spacial score (nSPS) is 11.7. The predicted molar refractivity (Wildman–Crippen MR) is 356 cm³/mol. The van der Waals surface area contributed by atoms with E-state index in [-0.39, 0.29) is 75.5 Å². The smallest absolute Gasteiger partial charge is 0.277 e. The summed E-state index contributed by atoms with van der Waals surface area (Å²) in [6.45, 7) is 30.6. The minimum Gasteiger partial charge on any atom is -0.343 e. The summed E-state index contributed by atoms with van der Waals surface area (Å²) in [5.41, 5.74) is 4.94. The van der Waals surface area contributed by atoms with Crippen LogP contribution in [0, 0.1) is 53.1 Å². The molecule has 0 saturated carbocycles. The molecule has 6 aromatic rings. The van der Waals surface area contributed by atoms with Gasteiger partial charge in [0.1, 0.15) is 5.52 Å². The number of carbonyl (C=O) groups is 3. The zero-order chi connectivity index (χ0) is 65.1. The second kappa shape index (κ2) is 46.5. The molecule has 0 unspecified atom stereocenters. The molecule has 2 aliphatic rings. The Bertz CT molecular complexity index is 2950. The number of aromatic nitrogens is 3. The Labute approximate surface area is 540 Å². The number of nitro benzene ring substituents is 1. The van der Waals surface area contributed by atoms with Crippen LogP contribution in [-0.2, 0) is 46.6 Å². The van der Waals surface area contributed by atoms with Gasteiger partial charge in [-0.2, -0.15) is 0 Å². The Morgan fingerprint density at radius 1 is 0.575 bits per heavy atom. The lowest BCUT2D eigenvalue weighted by Gasteiger charge is -2.10. The molecule has 0 atom stereocenters. The number of fused-ring (bicyclic) bond motifs is 1. The molecule has 3 heterocycles. The highest BCUT2D eigenvalue weighted by Crippen LogP contribution is 2.44. The molecular weight excluding hydrogens is 1230 g/mol. The zero-order valence-electron chi connectivity index (χ0n) is 51.6. The van der Waals surface area contributed by atoms with Crippen LogP contribution in [0.4, 0.5) is 23.2 Å². The van der Waals surface area contributed by atoms with E-state index in [1.165, 1.54) is 53.0 Å². The van der Waals surface area contributed by atoms with E-state index < -0.39 is 23.3 Å². The van der Waals surface area contributed by atoms with E-state index in [4.69, 9.17) is 58.0 Å². The molecule has 87 heavy (non-hydrogen) atoms. The minimum atomic E-state index is -1.74. The number of amides is 3. The molecule has 0 bridgehead atoms. The van der Waals surface area contributed by atoms with Gasteiger partial charge in [-0.05, 0) is 113 Å². The first kappa shape index (κ1) is 85.6. The summed E-state index contributed by atoms with van der Waals surface area (Å²) in [4.78, 5) is 56.9. The maximum Gasteiger partial charge on any atom is 0.277 e. The predicted octanol–water partition coefficient (Wildman–Crippen LogP) is 20.1. The number of halogens is 9. The molecule has 1 aromatic heterocycles. The third-order valence-corrected chi connectivity index (χ3v) is 15.3. The van der Waals surface area contributed by atoms with Crippen molar-refractivity contribution >= 4 is 92.3 Å². The molecule has 5 aromatic carbocycles. The van der Waals surface area contributed by atoms with Crippen molar-refractivity contribution < 1.29 is 36.9 Å². The molecule has 8 rings (SSSR count). The Morgan fingerprint density at radius 3 is 1.46 bits per heavy atom. The van der Waals surface area contributed by atoms with Gasteiger partial charge in [0.15, 0.2) is 23.3 Å². The van der Waals surface area contributed by atoms with Crippen LogP contribution < -0.4 is 5.56 Å². The van der Waals surface area contributed by atoms with E-state index in [1.807, 2.05) is 50.8 Å². The van der Waals surface area contributed by atoms with E-state index in [2.05, 4.69) is 83.0 Å². The van der Waals surface area contributed by atoms with Gasteiger partial charge in [0.2, 0.25) is 17.7 Å². The summed E-state index contributed by atoms with van der Waals surface area (Å²) < 4.78 is 52.3. The van der Waals surface area contributed by atoms with Gasteiger partial charge in [-0.3, -0.25) is 34.2 Å². The second-order valence-corrected chi connectivity index (χ2v) is 21.3. The van der Waals surface area contributed by atoms with Crippen molar-refractivity contribution in [3.63, 3.8) is 0 Å². The first-order chi connectivity index (χ1) is 40.2. The molecule has 2 aliphatic heterocycles. The van der Waals surface area contributed by atoms with Crippen molar-refractivity contribution in [2.24, 2.45) is 5.92 Å². The molecule has 486 valence electrons. The van der Waals surface area contributed by atoms with Crippen molar-refractivity contribution in [1.29, 1.82) is 0 Å². The number of unbranched alkanes of at least 4 members (excludes halogenated alkanes) is 1. The third kappa shape index (κ3) is 29.0. The second-order valence-electron chi connectivity index (χ2n) is 19.4. The van der Waals surface area contributed by atoms with Crippen molar-refractivity contribution in [3.05, 3.63) is 175 Å². The molecule has 21 heteroatoms. The number of likely N-dealkylation sites (tertiary alicyclic amines) is 2. The van der Waals surface area contributed by atoms with Crippen LogP contribution >= 0.6 is 58.0 Å². The van der Waals surface area contributed by atoms with Crippen LogP contribution in [0.3, 0.4) is 0 Å². The van der Waals surface area contributed by atoms with Gasteiger partial charge in [0.25, 0.3) is 11.2 Å². The SMILES string of the molecule is C.C.CCC(C)C.CCCC.CCN1C(=O)CCC1=O.CCN1CCCC1=O.CCc1c(C)c(F)c(F)c(F)c1F.CCc1c(Cl)c(Cl)c(Cl)c(Cl)c1Cl.CCc1ccc(C)cc1.CCc1cccc([N+](=O)[O-])c1.CCn1nnc2ccccc2c1=O. The van der Waals surface area contributed by atoms with Crippen molar-refractivity contribution in [1.82, 2.24) is 24.8 Å². The maximum absolute atomic E-state index is 12.9. The van der Waals surface area contributed by atoms with Gasteiger partial charge in [-0.1, -0.05) is 214 Å². The number of non-ortho nitro benzene ring substituents is 1. The van der Waals surface area contributed by atoms with Gasteiger partial charge in [0, 0.05) is 57.6 Å². The molecular formula is C66H93Cl5F4N6O6. The summed E-state index contributed by atoms with van der Waals surface area (Å²) in [6, 6.07) is 22.5. The monoisotopic (exact) mass is 1320 g/mol. The Balaban J connectivity index is -0.000000926. The highest BCUT2D eigenvalue weighted by Gasteiger charge is 2.27. The van der Waals surface area contributed by atoms with Crippen molar-refractivity contribution in [3.8, 4) is 0 Å². The van der Waals surface area contributed by atoms with Crippen LogP contribution in [0.25, 0.3) is 10.9 Å². The number of benzene rings is 5. The number of aryl methyl sites for hydroxylation is 4. The highest BCUT2D eigenvalue weighted by atomic mass is 35.5. The quantitative estimate of drug-likeness (QED) is 0.0329. The Hall–Kier alpha value is -5.65. The number of hydrogen-bond acceptors (Lipinski definition) is 8. The third-order valence-electron chi connectivity index (χ3n) is 13.0. The van der Waals surface area contributed by atoms with E-state index in [9.17, 15) is 46.9 Å². The largest absolute Gasteiger partial charge is 0.343 e. The average Bonchev–Trinajstić information content (AvgIpc) is 3.69. The summed E-state index contributed by atoms with van der Waals surface area (Å²) in [5, 5.41) is 20.1.